The standard InChI is InChI=1S/C16H14F3NO/c17-11-2-1-3-13(8-11)21-16-14(18)6-10(7-15(16)19)9-20-12-4-5-12/h1-3,6-8,12,20H,4-5,9H2. The summed E-state index contributed by atoms with van der Waals surface area (Å²) >= 11 is 0. The van der Waals surface area contributed by atoms with Gasteiger partial charge in [-0.25, -0.2) is 13.2 Å². The molecule has 0 atom stereocenters. The zero-order valence-electron chi connectivity index (χ0n) is 11.2. The van der Waals surface area contributed by atoms with Gasteiger partial charge >= 0.3 is 0 Å². The molecule has 21 heavy (non-hydrogen) atoms. The van der Waals surface area contributed by atoms with E-state index in [-0.39, 0.29) is 5.75 Å². The second kappa shape index (κ2) is 5.77. The molecule has 2 aromatic carbocycles. The summed E-state index contributed by atoms with van der Waals surface area (Å²) in [7, 11) is 0. The maximum Gasteiger partial charge on any atom is 0.198 e. The molecule has 1 aliphatic rings. The lowest BCUT2D eigenvalue weighted by atomic mass is 10.2. The molecule has 0 spiro atoms. The van der Waals surface area contributed by atoms with Gasteiger partial charge in [0.2, 0.25) is 0 Å². The molecule has 1 saturated carbocycles. The first-order chi connectivity index (χ1) is 10.1. The maximum atomic E-state index is 14.0. The quantitative estimate of drug-likeness (QED) is 0.894. The van der Waals surface area contributed by atoms with Crippen LogP contribution >= 0.6 is 0 Å². The summed E-state index contributed by atoms with van der Waals surface area (Å²) < 4.78 is 46.0. The van der Waals surface area contributed by atoms with E-state index in [9.17, 15) is 13.2 Å². The molecule has 0 aromatic heterocycles. The Balaban J connectivity index is 1.78. The van der Waals surface area contributed by atoms with Crippen LogP contribution in [0.15, 0.2) is 36.4 Å². The predicted octanol–water partition coefficient (Wildman–Crippen LogP) is 4.15. The summed E-state index contributed by atoms with van der Waals surface area (Å²) in [6.07, 6.45) is 2.21. The van der Waals surface area contributed by atoms with Gasteiger partial charge in [-0.3, -0.25) is 0 Å². The lowest BCUT2D eigenvalue weighted by Crippen LogP contribution is -2.15. The fourth-order valence-electron chi connectivity index (χ4n) is 2.01. The minimum Gasteiger partial charge on any atom is -0.451 e. The van der Waals surface area contributed by atoms with Crippen molar-refractivity contribution in [1.82, 2.24) is 5.32 Å². The van der Waals surface area contributed by atoms with Gasteiger partial charge in [0, 0.05) is 18.7 Å². The Kier molecular flexibility index (Phi) is 3.84. The molecule has 0 unspecified atom stereocenters. The van der Waals surface area contributed by atoms with Crippen molar-refractivity contribution >= 4 is 0 Å². The summed E-state index contributed by atoms with van der Waals surface area (Å²) in [5.74, 6) is -2.59. The van der Waals surface area contributed by atoms with Gasteiger partial charge < -0.3 is 10.1 Å². The van der Waals surface area contributed by atoms with Crippen molar-refractivity contribution in [2.75, 3.05) is 0 Å². The average Bonchev–Trinajstić information content (AvgIpc) is 3.25. The van der Waals surface area contributed by atoms with Gasteiger partial charge in [0.15, 0.2) is 17.4 Å². The number of hydrogen-bond acceptors (Lipinski definition) is 2. The first-order valence-corrected chi connectivity index (χ1v) is 6.76. The maximum absolute atomic E-state index is 14.0. The van der Waals surface area contributed by atoms with E-state index in [0.717, 1.165) is 18.9 Å². The molecule has 0 radical (unpaired) electrons. The minimum absolute atomic E-state index is 0.0525. The van der Waals surface area contributed by atoms with Crippen molar-refractivity contribution in [2.45, 2.75) is 25.4 Å². The van der Waals surface area contributed by atoms with Gasteiger partial charge in [-0.15, -0.1) is 0 Å². The summed E-state index contributed by atoms with van der Waals surface area (Å²) in [5.41, 5.74) is 0.517. The van der Waals surface area contributed by atoms with E-state index in [1.807, 2.05) is 0 Å². The van der Waals surface area contributed by atoms with Gasteiger partial charge in [0.25, 0.3) is 0 Å². The molecular weight excluding hydrogens is 279 g/mol. The van der Waals surface area contributed by atoms with Gasteiger partial charge in [-0.1, -0.05) is 6.07 Å². The van der Waals surface area contributed by atoms with Crippen molar-refractivity contribution < 1.29 is 17.9 Å². The Morgan fingerprint density at radius 3 is 2.38 bits per heavy atom. The van der Waals surface area contributed by atoms with Crippen LogP contribution in [-0.4, -0.2) is 6.04 Å². The molecule has 0 amide bonds. The highest BCUT2D eigenvalue weighted by atomic mass is 19.1. The Hall–Kier alpha value is -2.01. The molecule has 0 aliphatic heterocycles. The second-order valence-corrected chi connectivity index (χ2v) is 5.10. The third-order valence-electron chi connectivity index (χ3n) is 3.25. The molecule has 2 nitrogen and oxygen atoms in total. The molecule has 2 aromatic rings. The second-order valence-electron chi connectivity index (χ2n) is 5.10. The zero-order chi connectivity index (χ0) is 14.8. The van der Waals surface area contributed by atoms with E-state index in [1.165, 1.54) is 30.3 Å². The fraction of sp³-hybridized carbons (Fsp3) is 0.250. The highest BCUT2D eigenvalue weighted by Crippen LogP contribution is 2.29. The summed E-state index contributed by atoms with van der Waals surface area (Å²) in [5, 5.41) is 3.18. The van der Waals surface area contributed by atoms with E-state index >= 15 is 0 Å². The van der Waals surface area contributed by atoms with Crippen LogP contribution in [0.2, 0.25) is 0 Å². The Bertz CT molecular complexity index is 633. The van der Waals surface area contributed by atoms with Crippen LogP contribution in [0.4, 0.5) is 13.2 Å². The Morgan fingerprint density at radius 1 is 1.05 bits per heavy atom. The van der Waals surface area contributed by atoms with Crippen LogP contribution in [-0.2, 0) is 6.54 Å². The van der Waals surface area contributed by atoms with Gasteiger partial charge in [0.1, 0.15) is 11.6 Å². The molecule has 1 N–H and O–H groups in total. The van der Waals surface area contributed by atoms with Gasteiger partial charge in [0.05, 0.1) is 0 Å². The molecular formula is C16H14F3NO. The summed E-state index contributed by atoms with van der Waals surface area (Å²) in [6.45, 7) is 0.415. The Morgan fingerprint density at radius 2 is 1.76 bits per heavy atom. The SMILES string of the molecule is Fc1cccc(Oc2c(F)cc(CNC3CC3)cc2F)c1. The smallest absolute Gasteiger partial charge is 0.198 e. The van der Waals surface area contributed by atoms with E-state index in [0.29, 0.717) is 18.2 Å². The fourth-order valence-corrected chi connectivity index (χ4v) is 2.01. The van der Waals surface area contributed by atoms with Crippen LogP contribution in [0.1, 0.15) is 18.4 Å². The van der Waals surface area contributed by atoms with Crippen molar-refractivity contribution in [3.05, 3.63) is 59.4 Å². The van der Waals surface area contributed by atoms with Crippen LogP contribution in [0, 0.1) is 17.5 Å². The number of rotatable bonds is 5. The topological polar surface area (TPSA) is 21.3 Å². The van der Waals surface area contributed by atoms with Crippen molar-refractivity contribution in [3.63, 3.8) is 0 Å². The third kappa shape index (κ3) is 3.55. The molecule has 0 saturated heterocycles. The highest BCUT2D eigenvalue weighted by molar-refractivity contribution is 5.36. The minimum atomic E-state index is -0.799. The van der Waals surface area contributed by atoms with Gasteiger partial charge in [-0.2, -0.15) is 0 Å². The van der Waals surface area contributed by atoms with E-state index < -0.39 is 23.2 Å². The van der Waals surface area contributed by atoms with Gasteiger partial charge in [-0.05, 0) is 42.7 Å². The third-order valence-corrected chi connectivity index (χ3v) is 3.25. The number of hydrogen-bond donors (Lipinski definition) is 1. The van der Waals surface area contributed by atoms with E-state index in [1.54, 1.807) is 0 Å². The van der Waals surface area contributed by atoms with Crippen LogP contribution in [0.3, 0.4) is 0 Å². The number of nitrogens with one attached hydrogen (secondary N) is 1. The molecule has 3 rings (SSSR count). The van der Waals surface area contributed by atoms with Crippen molar-refractivity contribution in [1.29, 1.82) is 0 Å². The molecule has 5 heteroatoms. The molecule has 110 valence electrons. The van der Waals surface area contributed by atoms with Crippen molar-refractivity contribution in [2.24, 2.45) is 0 Å². The van der Waals surface area contributed by atoms with E-state index in [4.69, 9.17) is 4.74 Å². The Labute approximate surface area is 120 Å². The number of benzene rings is 2. The van der Waals surface area contributed by atoms with E-state index in [2.05, 4.69) is 5.32 Å². The van der Waals surface area contributed by atoms with Crippen LogP contribution < -0.4 is 10.1 Å². The number of halogens is 3. The normalized spacial score (nSPS) is 14.2. The molecule has 1 aliphatic carbocycles. The lowest BCUT2D eigenvalue weighted by molar-refractivity contribution is 0.404. The predicted molar refractivity (Wildman–Crippen MR) is 72.7 cm³/mol. The summed E-state index contributed by atoms with van der Waals surface area (Å²) in [4.78, 5) is 0. The van der Waals surface area contributed by atoms with Crippen LogP contribution in [0.25, 0.3) is 0 Å². The first kappa shape index (κ1) is 13.9. The lowest BCUT2D eigenvalue weighted by Gasteiger charge is -2.10. The highest BCUT2D eigenvalue weighted by Gasteiger charge is 2.21. The monoisotopic (exact) mass is 293 g/mol. The molecule has 0 heterocycles. The average molecular weight is 293 g/mol. The summed E-state index contributed by atoms with van der Waals surface area (Å²) in [6, 6.07) is 8.06. The molecule has 0 bridgehead atoms. The molecule has 1 fully saturated rings. The zero-order valence-corrected chi connectivity index (χ0v) is 11.2. The van der Waals surface area contributed by atoms with Crippen molar-refractivity contribution in [3.8, 4) is 11.5 Å². The first-order valence-electron chi connectivity index (χ1n) is 6.76. The number of ether oxygens (including phenoxy) is 1. The van der Waals surface area contributed by atoms with Crippen LogP contribution in [0.5, 0.6) is 11.5 Å². The largest absolute Gasteiger partial charge is 0.451 e.